The Labute approximate surface area is 160 Å². The minimum Gasteiger partial charge on any atom is -0.321 e. The van der Waals surface area contributed by atoms with E-state index in [1.54, 1.807) is 0 Å². The van der Waals surface area contributed by atoms with E-state index in [2.05, 4.69) is 52.2 Å². The first-order valence-corrected chi connectivity index (χ1v) is 9.73. The van der Waals surface area contributed by atoms with E-state index in [1.807, 2.05) is 25.1 Å². The molecule has 1 N–H and O–H groups in total. The fraction of sp³-hybridized carbons (Fsp3) is 0.348. The lowest BCUT2D eigenvalue weighted by Gasteiger charge is -2.20. The van der Waals surface area contributed by atoms with Crippen molar-refractivity contribution in [2.24, 2.45) is 0 Å². The largest absolute Gasteiger partial charge is 0.321 e. The summed E-state index contributed by atoms with van der Waals surface area (Å²) in [5.74, 6) is 0. The summed E-state index contributed by atoms with van der Waals surface area (Å²) in [5, 5.41) is 1.77. The number of aryl methyl sites for hydroxylation is 1. The average molecular weight is 361 g/mol. The first-order valence-electron chi connectivity index (χ1n) is 9.73. The van der Waals surface area contributed by atoms with Crippen molar-refractivity contribution in [2.45, 2.75) is 19.9 Å². The molecular weight excluding hydrogens is 334 g/mol. The van der Waals surface area contributed by atoms with Crippen LogP contribution in [0, 0.1) is 6.92 Å². The molecule has 0 spiro atoms. The number of rotatable bonds is 3. The summed E-state index contributed by atoms with van der Waals surface area (Å²) in [5.41, 5.74) is 4.36. The van der Waals surface area contributed by atoms with Crippen LogP contribution in [0.3, 0.4) is 0 Å². The maximum Gasteiger partial charge on any atom is 0.256 e. The van der Waals surface area contributed by atoms with Crippen LogP contribution in [0.2, 0.25) is 0 Å². The summed E-state index contributed by atoms with van der Waals surface area (Å²) >= 11 is 0. The minimum atomic E-state index is -0.0241. The molecule has 2 aromatic carbocycles. The van der Waals surface area contributed by atoms with Gasteiger partial charge in [-0.15, -0.1) is 0 Å². The number of hydrogen-bond donors (Lipinski definition) is 1. The molecule has 0 unspecified atom stereocenters. The van der Waals surface area contributed by atoms with Gasteiger partial charge in [-0.25, -0.2) is 0 Å². The Bertz CT molecular complexity index is 991. The predicted molar refractivity (Wildman–Crippen MR) is 112 cm³/mol. The Hall–Kier alpha value is -2.43. The molecule has 0 saturated carbocycles. The van der Waals surface area contributed by atoms with Crippen molar-refractivity contribution in [2.75, 3.05) is 33.2 Å². The molecule has 4 heteroatoms. The van der Waals surface area contributed by atoms with Crippen LogP contribution >= 0.6 is 0 Å². The molecule has 27 heavy (non-hydrogen) atoms. The smallest absolute Gasteiger partial charge is 0.256 e. The third-order valence-corrected chi connectivity index (χ3v) is 5.59. The highest BCUT2D eigenvalue weighted by molar-refractivity contribution is 5.87. The fourth-order valence-electron chi connectivity index (χ4n) is 3.90. The summed E-state index contributed by atoms with van der Waals surface area (Å²) in [4.78, 5) is 20.4. The number of pyridine rings is 1. The molecule has 3 aromatic rings. The average Bonchev–Trinajstić information content (AvgIpc) is 2.87. The molecule has 0 atom stereocenters. The van der Waals surface area contributed by atoms with Gasteiger partial charge < -0.3 is 9.88 Å². The van der Waals surface area contributed by atoms with Crippen LogP contribution in [0.15, 0.2) is 53.3 Å². The summed E-state index contributed by atoms with van der Waals surface area (Å²) in [6.45, 7) is 7.63. The molecule has 1 fully saturated rings. The molecule has 2 heterocycles. The number of benzene rings is 2. The van der Waals surface area contributed by atoms with Crippen LogP contribution in [0.4, 0.5) is 0 Å². The Kier molecular flexibility index (Phi) is 5.10. The van der Waals surface area contributed by atoms with E-state index >= 15 is 0 Å². The molecule has 0 bridgehead atoms. The maximum atomic E-state index is 12.4. The zero-order valence-electron chi connectivity index (χ0n) is 16.2. The Balaban J connectivity index is 1.56. The van der Waals surface area contributed by atoms with Crippen molar-refractivity contribution in [1.29, 1.82) is 0 Å². The van der Waals surface area contributed by atoms with Gasteiger partial charge in [0, 0.05) is 30.7 Å². The Morgan fingerprint density at radius 2 is 1.78 bits per heavy atom. The SMILES string of the molecule is Cc1cccc2c(=O)[nH]c(-c3ccc(CN4CCCN(C)CC4)cc3)cc12. The van der Waals surface area contributed by atoms with Gasteiger partial charge in [0.2, 0.25) is 0 Å². The fourth-order valence-corrected chi connectivity index (χ4v) is 3.90. The van der Waals surface area contributed by atoms with Crippen molar-refractivity contribution in [3.05, 3.63) is 70.0 Å². The molecule has 1 aliphatic heterocycles. The van der Waals surface area contributed by atoms with Gasteiger partial charge in [0.15, 0.2) is 0 Å². The van der Waals surface area contributed by atoms with E-state index in [-0.39, 0.29) is 5.56 Å². The molecule has 1 saturated heterocycles. The molecule has 4 rings (SSSR count). The lowest BCUT2D eigenvalue weighted by Crippen LogP contribution is -2.28. The van der Waals surface area contributed by atoms with Gasteiger partial charge in [0.25, 0.3) is 5.56 Å². The lowest BCUT2D eigenvalue weighted by molar-refractivity contribution is 0.269. The van der Waals surface area contributed by atoms with Gasteiger partial charge in [-0.2, -0.15) is 0 Å². The monoisotopic (exact) mass is 361 g/mol. The molecule has 0 radical (unpaired) electrons. The predicted octanol–water partition coefficient (Wildman–Crippen LogP) is 3.64. The third-order valence-electron chi connectivity index (χ3n) is 5.59. The summed E-state index contributed by atoms with van der Waals surface area (Å²) < 4.78 is 0. The number of fused-ring (bicyclic) bond motifs is 1. The van der Waals surface area contributed by atoms with Gasteiger partial charge in [-0.3, -0.25) is 9.69 Å². The van der Waals surface area contributed by atoms with E-state index in [1.165, 1.54) is 18.5 Å². The van der Waals surface area contributed by atoms with Crippen LogP contribution < -0.4 is 5.56 Å². The quantitative estimate of drug-likeness (QED) is 0.774. The van der Waals surface area contributed by atoms with Crippen LogP contribution in [-0.2, 0) is 6.54 Å². The first kappa shape index (κ1) is 18.0. The number of aromatic amines is 1. The topological polar surface area (TPSA) is 39.3 Å². The van der Waals surface area contributed by atoms with Crippen molar-refractivity contribution in [3.63, 3.8) is 0 Å². The third kappa shape index (κ3) is 3.97. The van der Waals surface area contributed by atoms with Crippen molar-refractivity contribution < 1.29 is 0 Å². The van der Waals surface area contributed by atoms with Crippen LogP contribution in [0.25, 0.3) is 22.0 Å². The van der Waals surface area contributed by atoms with E-state index < -0.39 is 0 Å². The molecule has 1 aliphatic rings. The standard InChI is InChI=1S/C23H27N3O/c1-17-5-3-6-20-21(17)15-22(24-23(20)27)19-9-7-18(8-10-19)16-26-12-4-11-25(2)13-14-26/h3,5-10,15H,4,11-14,16H2,1-2H3,(H,24,27). The zero-order chi connectivity index (χ0) is 18.8. The first-order chi connectivity index (χ1) is 13.1. The van der Waals surface area contributed by atoms with Crippen LogP contribution in [-0.4, -0.2) is 48.0 Å². The minimum absolute atomic E-state index is 0.0241. The molecule has 1 aromatic heterocycles. The molecule has 140 valence electrons. The second-order valence-corrected chi connectivity index (χ2v) is 7.68. The van der Waals surface area contributed by atoms with Crippen LogP contribution in [0.1, 0.15) is 17.5 Å². The molecule has 0 amide bonds. The Morgan fingerprint density at radius 1 is 0.963 bits per heavy atom. The number of nitrogens with zero attached hydrogens (tertiary/aromatic N) is 2. The van der Waals surface area contributed by atoms with Gasteiger partial charge in [0.05, 0.1) is 0 Å². The van der Waals surface area contributed by atoms with Crippen molar-refractivity contribution in [1.82, 2.24) is 14.8 Å². The van der Waals surface area contributed by atoms with Gasteiger partial charge in [-0.1, -0.05) is 36.4 Å². The molecular formula is C23H27N3O. The highest BCUT2D eigenvalue weighted by Crippen LogP contribution is 2.23. The van der Waals surface area contributed by atoms with E-state index in [0.29, 0.717) is 0 Å². The number of hydrogen-bond acceptors (Lipinski definition) is 3. The highest BCUT2D eigenvalue weighted by atomic mass is 16.1. The summed E-state index contributed by atoms with van der Waals surface area (Å²) in [6.07, 6.45) is 1.23. The Morgan fingerprint density at radius 3 is 2.59 bits per heavy atom. The van der Waals surface area contributed by atoms with Crippen LogP contribution in [0.5, 0.6) is 0 Å². The van der Waals surface area contributed by atoms with E-state index in [4.69, 9.17) is 0 Å². The van der Waals surface area contributed by atoms with Gasteiger partial charge in [0.1, 0.15) is 0 Å². The van der Waals surface area contributed by atoms with E-state index in [0.717, 1.165) is 53.8 Å². The normalized spacial score (nSPS) is 16.5. The van der Waals surface area contributed by atoms with Crippen molar-refractivity contribution in [3.8, 4) is 11.3 Å². The van der Waals surface area contributed by atoms with Gasteiger partial charge in [-0.05, 0) is 67.7 Å². The highest BCUT2D eigenvalue weighted by Gasteiger charge is 2.12. The zero-order valence-corrected chi connectivity index (χ0v) is 16.2. The summed E-state index contributed by atoms with van der Waals surface area (Å²) in [6, 6.07) is 16.6. The second kappa shape index (κ2) is 7.67. The number of aromatic nitrogens is 1. The number of nitrogens with one attached hydrogen (secondary N) is 1. The lowest BCUT2D eigenvalue weighted by atomic mass is 10.0. The van der Waals surface area contributed by atoms with Crippen molar-refractivity contribution >= 4 is 10.8 Å². The molecule has 4 nitrogen and oxygen atoms in total. The second-order valence-electron chi connectivity index (χ2n) is 7.68. The maximum absolute atomic E-state index is 12.4. The molecule has 0 aliphatic carbocycles. The number of likely N-dealkylation sites (N-methyl/N-ethyl adjacent to an activating group) is 1. The van der Waals surface area contributed by atoms with E-state index in [9.17, 15) is 4.79 Å². The summed E-state index contributed by atoms with van der Waals surface area (Å²) in [7, 11) is 2.20. The number of H-pyrrole nitrogens is 1. The van der Waals surface area contributed by atoms with Gasteiger partial charge >= 0.3 is 0 Å².